The van der Waals surface area contributed by atoms with Crippen LogP contribution in [0.25, 0.3) is 11.3 Å². The third-order valence-corrected chi connectivity index (χ3v) is 3.63. The van der Waals surface area contributed by atoms with Crippen molar-refractivity contribution in [2.45, 2.75) is 26.7 Å². The molecule has 28 heavy (non-hydrogen) atoms. The summed E-state index contributed by atoms with van der Waals surface area (Å²) in [7, 11) is 1.13. The van der Waals surface area contributed by atoms with Gasteiger partial charge in [-0.1, -0.05) is 6.92 Å². The summed E-state index contributed by atoms with van der Waals surface area (Å²) in [6, 6.07) is 2.87. The fourth-order valence-electron chi connectivity index (χ4n) is 2.37. The van der Waals surface area contributed by atoms with Gasteiger partial charge in [-0.25, -0.2) is 23.0 Å². The second kappa shape index (κ2) is 10.7. The molecular weight excluding hydrogens is 419 g/mol. The number of hydrogen-bond donors (Lipinski definition) is 1. The molecule has 0 atom stereocenters. The molecule has 1 aromatic heterocycles. The quantitative estimate of drug-likeness (QED) is 0.725. The molecular formula is C17H19Cl2F2N3O4. The Labute approximate surface area is 171 Å². The lowest BCUT2D eigenvalue weighted by molar-refractivity contribution is -0.117. The van der Waals surface area contributed by atoms with Crippen LogP contribution >= 0.6 is 24.8 Å². The molecule has 2 rings (SSSR count). The zero-order valence-corrected chi connectivity index (χ0v) is 16.9. The molecule has 0 fully saturated rings. The first-order chi connectivity index (χ1) is 12.3. The summed E-state index contributed by atoms with van der Waals surface area (Å²) < 4.78 is 32.3. The lowest BCUT2D eigenvalue weighted by Gasteiger charge is -2.16. The van der Waals surface area contributed by atoms with Gasteiger partial charge in [0, 0.05) is 12.0 Å². The van der Waals surface area contributed by atoms with Crippen LogP contribution in [-0.4, -0.2) is 28.6 Å². The zero-order valence-electron chi connectivity index (χ0n) is 15.2. The van der Waals surface area contributed by atoms with Crippen molar-refractivity contribution in [3.05, 3.63) is 51.6 Å². The van der Waals surface area contributed by atoms with Crippen molar-refractivity contribution in [1.82, 2.24) is 9.66 Å². The number of nitrogens with one attached hydrogen (secondary N) is 1. The van der Waals surface area contributed by atoms with Gasteiger partial charge >= 0.3 is 11.7 Å². The Morgan fingerprint density at radius 2 is 1.86 bits per heavy atom. The number of amides is 1. The number of nitrogens with zero attached hydrogens (tertiary/aromatic N) is 2. The van der Waals surface area contributed by atoms with Crippen molar-refractivity contribution in [1.29, 1.82) is 0 Å². The Balaban J connectivity index is 0.00000364. The Hall–Kier alpha value is -2.52. The summed E-state index contributed by atoms with van der Waals surface area (Å²) >= 11 is 0. The van der Waals surface area contributed by atoms with Crippen LogP contribution in [0.15, 0.2) is 23.0 Å². The Bertz CT molecular complexity index is 935. The maximum Gasteiger partial charge on any atom is 0.367 e. The number of ether oxygens (including phenoxy) is 1. The highest BCUT2D eigenvalue weighted by Gasteiger charge is 2.23. The molecule has 0 saturated heterocycles. The van der Waals surface area contributed by atoms with Crippen molar-refractivity contribution in [2.75, 3.05) is 12.5 Å². The van der Waals surface area contributed by atoms with Crippen LogP contribution in [0.2, 0.25) is 0 Å². The summed E-state index contributed by atoms with van der Waals surface area (Å²) in [6.45, 7) is 3.20. The summed E-state index contributed by atoms with van der Waals surface area (Å²) in [5.74, 6) is -3.51. The van der Waals surface area contributed by atoms with E-state index in [4.69, 9.17) is 4.74 Å². The maximum atomic E-state index is 13.6. The first kappa shape index (κ1) is 25.5. The van der Waals surface area contributed by atoms with Gasteiger partial charge in [-0.2, -0.15) is 4.98 Å². The predicted molar refractivity (Wildman–Crippen MR) is 104 cm³/mol. The van der Waals surface area contributed by atoms with Crippen LogP contribution in [-0.2, 0) is 9.53 Å². The summed E-state index contributed by atoms with van der Waals surface area (Å²) in [5.41, 5.74) is 1.25. The molecule has 0 aliphatic carbocycles. The van der Waals surface area contributed by atoms with Crippen molar-refractivity contribution in [2.24, 2.45) is 0 Å². The number of carbonyl (C=O) groups excluding carboxylic acids is 2. The average Bonchev–Trinajstić information content (AvgIpc) is 2.60. The Morgan fingerprint density at radius 1 is 1.21 bits per heavy atom. The molecule has 154 valence electrons. The molecule has 7 nitrogen and oxygen atoms in total. The van der Waals surface area contributed by atoms with Crippen LogP contribution in [0.3, 0.4) is 0 Å². The fourth-order valence-corrected chi connectivity index (χ4v) is 2.37. The molecule has 1 heterocycles. The van der Waals surface area contributed by atoms with Gasteiger partial charge in [0.05, 0.1) is 18.5 Å². The Morgan fingerprint density at radius 3 is 2.39 bits per heavy atom. The molecule has 0 unspecified atom stereocenters. The van der Waals surface area contributed by atoms with Crippen LogP contribution in [0, 0.1) is 18.6 Å². The van der Waals surface area contributed by atoms with Gasteiger partial charge in [0.15, 0.2) is 11.6 Å². The standard InChI is InChI=1S/C17H17F2N3O4.2ClH/c1-4-5-13(23)21-22-9(2)14(16(24)26-3)15(20-17(22)25)10-6-7-11(18)12(19)8-10;;/h6-8H,4-5H2,1-3H3,(H,21,23);2*1H. The number of halogens is 4. The summed E-state index contributed by atoms with van der Waals surface area (Å²) in [6.07, 6.45) is 0.730. The highest BCUT2D eigenvalue weighted by atomic mass is 35.5. The van der Waals surface area contributed by atoms with Gasteiger partial charge in [0.25, 0.3) is 0 Å². The first-order valence-electron chi connectivity index (χ1n) is 7.77. The molecule has 2 aromatic rings. The molecule has 1 N–H and O–H groups in total. The highest BCUT2D eigenvalue weighted by Crippen LogP contribution is 2.25. The monoisotopic (exact) mass is 437 g/mol. The van der Waals surface area contributed by atoms with E-state index in [1.54, 1.807) is 6.92 Å². The number of esters is 1. The maximum absolute atomic E-state index is 13.6. The second-order valence-corrected chi connectivity index (χ2v) is 5.44. The van der Waals surface area contributed by atoms with Crippen LogP contribution in [0.4, 0.5) is 8.78 Å². The summed E-state index contributed by atoms with van der Waals surface area (Å²) in [5, 5.41) is 0. The fraction of sp³-hybridized carbons (Fsp3) is 0.294. The first-order valence-corrected chi connectivity index (χ1v) is 7.77. The summed E-state index contributed by atoms with van der Waals surface area (Å²) in [4.78, 5) is 40.1. The molecule has 11 heteroatoms. The average molecular weight is 438 g/mol. The third kappa shape index (κ3) is 5.26. The van der Waals surface area contributed by atoms with E-state index in [0.717, 1.165) is 23.9 Å². The molecule has 0 aliphatic heterocycles. The van der Waals surface area contributed by atoms with Crippen molar-refractivity contribution < 1.29 is 23.1 Å². The lowest BCUT2D eigenvalue weighted by atomic mass is 10.0. The topological polar surface area (TPSA) is 90.3 Å². The minimum atomic E-state index is -1.15. The number of hydrogen-bond acceptors (Lipinski definition) is 5. The van der Waals surface area contributed by atoms with E-state index in [1.807, 2.05) is 0 Å². The van der Waals surface area contributed by atoms with Gasteiger partial charge < -0.3 is 4.74 Å². The number of rotatable bonds is 5. The second-order valence-electron chi connectivity index (χ2n) is 5.44. The Kier molecular flexibility index (Phi) is 9.76. The highest BCUT2D eigenvalue weighted by molar-refractivity contribution is 5.97. The van der Waals surface area contributed by atoms with Crippen molar-refractivity contribution >= 4 is 36.7 Å². The minimum Gasteiger partial charge on any atom is -0.465 e. The largest absolute Gasteiger partial charge is 0.465 e. The van der Waals surface area contributed by atoms with Gasteiger partial charge in [-0.15, -0.1) is 24.8 Å². The molecule has 1 aromatic carbocycles. The number of carbonyl (C=O) groups is 2. The van der Waals surface area contributed by atoms with E-state index < -0.39 is 29.2 Å². The molecule has 0 radical (unpaired) electrons. The zero-order chi connectivity index (χ0) is 19.4. The van der Waals surface area contributed by atoms with Crippen LogP contribution in [0.5, 0.6) is 0 Å². The predicted octanol–water partition coefficient (Wildman–Crippen LogP) is 3.00. The van der Waals surface area contributed by atoms with E-state index in [9.17, 15) is 23.2 Å². The van der Waals surface area contributed by atoms with Crippen LogP contribution in [0.1, 0.15) is 35.8 Å². The van der Waals surface area contributed by atoms with Crippen molar-refractivity contribution in [3.8, 4) is 11.3 Å². The molecule has 0 spiro atoms. The van der Waals surface area contributed by atoms with Crippen LogP contribution < -0.4 is 11.1 Å². The molecule has 0 bridgehead atoms. The molecule has 0 saturated carbocycles. The van der Waals surface area contributed by atoms with Gasteiger partial charge in [0.2, 0.25) is 5.91 Å². The van der Waals surface area contributed by atoms with Crippen molar-refractivity contribution in [3.63, 3.8) is 0 Å². The number of aromatic nitrogens is 2. The van der Waals surface area contributed by atoms with Gasteiger partial charge in [-0.05, 0) is 31.5 Å². The molecule has 1 amide bonds. The third-order valence-electron chi connectivity index (χ3n) is 3.63. The number of methoxy groups -OCH3 is 1. The van der Waals surface area contributed by atoms with E-state index in [-0.39, 0.29) is 53.7 Å². The minimum absolute atomic E-state index is 0. The van der Waals surface area contributed by atoms with Gasteiger partial charge in [-0.3, -0.25) is 10.2 Å². The van der Waals surface area contributed by atoms with E-state index in [0.29, 0.717) is 6.42 Å². The SMILES string of the molecule is CCCC(=O)Nn1c(C)c(C(=O)OC)c(-c2ccc(F)c(F)c2)nc1=O.Cl.Cl. The van der Waals surface area contributed by atoms with Gasteiger partial charge in [0.1, 0.15) is 5.56 Å². The van der Waals surface area contributed by atoms with E-state index >= 15 is 0 Å². The normalized spacial score (nSPS) is 9.75. The van der Waals surface area contributed by atoms with E-state index in [2.05, 4.69) is 10.4 Å². The lowest BCUT2D eigenvalue weighted by Crippen LogP contribution is -2.38. The number of benzene rings is 1. The van der Waals surface area contributed by atoms with E-state index in [1.165, 1.54) is 13.0 Å². The molecule has 0 aliphatic rings. The smallest absolute Gasteiger partial charge is 0.367 e.